The number of pyridine rings is 2. The molecule has 0 spiro atoms. The van der Waals surface area contributed by atoms with Crippen LogP contribution in [-0.4, -0.2) is 38.7 Å². The Kier molecular flexibility index (Phi) is 6.08. The van der Waals surface area contributed by atoms with Crippen LogP contribution in [0, 0.1) is 0 Å². The molecule has 0 atom stereocenters. The molecule has 5 rings (SSSR count). The van der Waals surface area contributed by atoms with Gasteiger partial charge in [-0.3, -0.25) is 9.78 Å². The lowest BCUT2D eigenvalue weighted by molar-refractivity contribution is 0.198. The van der Waals surface area contributed by atoms with Crippen LogP contribution in [0.4, 0.5) is 4.79 Å². The van der Waals surface area contributed by atoms with E-state index in [9.17, 15) is 14.7 Å². The second kappa shape index (κ2) is 9.15. The Labute approximate surface area is 197 Å². The van der Waals surface area contributed by atoms with E-state index in [-0.39, 0.29) is 18.2 Å². The molecule has 2 N–H and O–H groups in total. The zero-order valence-electron chi connectivity index (χ0n) is 18.4. The molecule has 2 amide bonds. The number of rotatable bonds is 7. The maximum absolute atomic E-state index is 13.1. The first-order chi connectivity index (χ1) is 16.1. The van der Waals surface area contributed by atoms with E-state index in [0.717, 1.165) is 64.4 Å². The van der Waals surface area contributed by atoms with Gasteiger partial charge in [0.2, 0.25) is 0 Å². The van der Waals surface area contributed by atoms with Crippen LogP contribution in [0.3, 0.4) is 0 Å². The normalized spacial score (nSPS) is 14.2. The highest BCUT2D eigenvalue weighted by molar-refractivity contribution is 6.32. The second-order valence-electron chi connectivity index (χ2n) is 8.75. The number of amides is 2. The molecule has 8 heteroatoms. The Morgan fingerprint density at radius 1 is 1.12 bits per heavy atom. The van der Waals surface area contributed by atoms with Crippen molar-refractivity contribution in [2.45, 2.75) is 51.7 Å². The number of halogens is 1. The molecule has 3 heterocycles. The molecule has 1 aliphatic carbocycles. The Morgan fingerprint density at radius 2 is 1.94 bits per heavy atom. The number of aryl methyl sites for hydroxylation is 2. The number of nitrogens with one attached hydrogen (secondary N) is 1. The first-order valence-electron chi connectivity index (χ1n) is 11.5. The largest absolute Gasteiger partial charge is 0.396 e. The van der Waals surface area contributed by atoms with Gasteiger partial charge in [-0.1, -0.05) is 11.6 Å². The summed E-state index contributed by atoms with van der Waals surface area (Å²) in [7, 11) is 0. The molecule has 0 saturated heterocycles. The SMILES string of the molecule is O=C(NCCCCn1c(=O)c2c(c3c(CCO)c(Cl)ccc31)CC2)N1Cc2ccncc2C1. The number of carbonyl (C=O) groups excluding carboxylic acids is 1. The van der Waals surface area contributed by atoms with Crippen molar-refractivity contribution in [3.05, 3.63) is 73.8 Å². The number of hydrogen-bond acceptors (Lipinski definition) is 4. The molecule has 3 aromatic rings. The van der Waals surface area contributed by atoms with Crippen LogP contribution in [0.2, 0.25) is 5.02 Å². The number of hydrogen-bond donors (Lipinski definition) is 2. The number of aliphatic hydroxyl groups excluding tert-OH is 1. The van der Waals surface area contributed by atoms with Crippen molar-refractivity contribution in [2.75, 3.05) is 13.2 Å². The van der Waals surface area contributed by atoms with E-state index < -0.39 is 0 Å². The van der Waals surface area contributed by atoms with E-state index in [4.69, 9.17) is 11.6 Å². The summed E-state index contributed by atoms with van der Waals surface area (Å²) < 4.78 is 1.84. The minimum absolute atomic E-state index is 0.0189. The maximum Gasteiger partial charge on any atom is 0.318 e. The Bertz CT molecular complexity index is 1260. The number of aliphatic hydroxyl groups is 1. The third-order valence-corrected chi connectivity index (χ3v) is 7.13. The maximum atomic E-state index is 13.1. The number of fused-ring (bicyclic) bond motifs is 4. The van der Waals surface area contributed by atoms with E-state index >= 15 is 0 Å². The summed E-state index contributed by atoms with van der Waals surface area (Å²) >= 11 is 6.44. The highest BCUT2D eigenvalue weighted by Gasteiger charge is 2.26. The zero-order valence-corrected chi connectivity index (χ0v) is 19.2. The molecule has 0 bridgehead atoms. The van der Waals surface area contributed by atoms with E-state index in [2.05, 4.69) is 10.3 Å². The molecule has 2 aliphatic rings. The van der Waals surface area contributed by atoms with Crippen LogP contribution in [0.25, 0.3) is 10.9 Å². The van der Waals surface area contributed by atoms with E-state index in [0.29, 0.717) is 37.6 Å². The third-order valence-electron chi connectivity index (χ3n) is 6.78. The predicted molar refractivity (Wildman–Crippen MR) is 128 cm³/mol. The monoisotopic (exact) mass is 466 g/mol. The van der Waals surface area contributed by atoms with E-state index in [1.165, 1.54) is 0 Å². The van der Waals surface area contributed by atoms with Gasteiger partial charge in [0.1, 0.15) is 0 Å². The molecular formula is C25H27ClN4O3. The summed E-state index contributed by atoms with van der Waals surface area (Å²) in [6.07, 6.45) is 7.26. The van der Waals surface area contributed by atoms with Crippen molar-refractivity contribution in [1.29, 1.82) is 0 Å². The Morgan fingerprint density at radius 3 is 2.70 bits per heavy atom. The van der Waals surface area contributed by atoms with Crippen molar-refractivity contribution in [1.82, 2.24) is 19.8 Å². The van der Waals surface area contributed by atoms with Crippen molar-refractivity contribution in [2.24, 2.45) is 0 Å². The molecular weight excluding hydrogens is 440 g/mol. The molecule has 2 aromatic heterocycles. The highest BCUT2D eigenvalue weighted by Crippen LogP contribution is 2.34. The van der Waals surface area contributed by atoms with Gasteiger partial charge < -0.3 is 19.9 Å². The quantitative estimate of drug-likeness (QED) is 0.523. The third kappa shape index (κ3) is 4.00. The fraction of sp³-hybridized carbons (Fsp3) is 0.400. The Balaban J connectivity index is 1.23. The molecule has 0 saturated carbocycles. The van der Waals surface area contributed by atoms with Gasteiger partial charge in [-0.2, -0.15) is 0 Å². The Hall–Kier alpha value is -2.90. The van der Waals surface area contributed by atoms with Crippen molar-refractivity contribution >= 4 is 28.5 Å². The average Bonchev–Trinajstić information content (AvgIpc) is 3.22. The summed E-state index contributed by atoms with van der Waals surface area (Å²) in [5, 5.41) is 14.2. The molecule has 0 radical (unpaired) electrons. The number of aromatic nitrogens is 2. The summed E-state index contributed by atoms with van der Waals surface area (Å²) in [6, 6.07) is 5.62. The summed E-state index contributed by atoms with van der Waals surface area (Å²) in [5.74, 6) is 0. The average molecular weight is 467 g/mol. The van der Waals surface area contributed by atoms with Gasteiger partial charge in [-0.15, -0.1) is 0 Å². The molecule has 1 aromatic carbocycles. The van der Waals surface area contributed by atoms with Gasteiger partial charge in [0.25, 0.3) is 5.56 Å². The second-order valence-corrected chi connectivity index (χ2v) is 9.15. The molecule has 0 fully saturated rings. The number of carbonyl (C=O) groups is 1. The highest BCUT2D eigenvalue weighted by atomic mass is 35.5. The van der Waals surface area contributed by atoms with E-state index in [1.54, 1.807) is 11.1 Å². The first kappa shape index (κ1) is 21.9. The topological polar surface area (TPSA) is 87.5 Å². The van der Waals surface area contributed by atoms with Gasteiger partial charge in [-0.25, -0.2) is 4.79 Å². The number of benzene rings is 1. The fourth-order valence-electron chi connectivity index (χ4n) is 4.97. The van der Waals surface area contributed by atoms with Gasteiger partial charge in [0.15, 0.2) is 0 Å². The molecule has 7 nitrogen and oxygen atoms in total. The lowest BCUT2D eigenvalue weighted by atomic mass is 9.84. The molecule has 1 aliphatic heterocycles. The summed E-state index contributed by atoms with van der Waals surface area (Å²) in [6.45, 7) is 2.36. The van der Waals surface area contributed by atoms with Gasteiger partial charge in [0.05, 0.1) is 5.52 Å². The first-order valence-corrected chi connectivity index (χ1v) is 11.9. The van der Waals surface area contributed by atoms with Crippen molar-refractivity contribution in [3.8, 4) is 0 Å². The molecule has 0 unspecified atom stereocenters. The number of nitrogens with zero attached hydrogens (tertiary/aromatic N) is 3. The van der Waals surface area contributed by atoms with Gasteiger partial charge >= 0.3 is 6.03 Å². The van der Waals surface area contributed by atoms with Crippen LogP contribution in [0.5, 0.6) is 0 Å². The smallest absolute Gasteiger partial charge is 0.318 e. The fourth-order valence-corrected chi connectivity index (χ4v) is 5.23. The molecule has 172 valence electrons. The lowest BCUT2D eigenvalue weighted by Gasteiger charge is -2.25. The van der Waals surface area contributed by atoms with Crippen molar-refractivity contribution in [3.63, 3.8) is 0 Å². The lowest BCUT2D eigenvalue weighted by Crippen LogP contribution is -2.37. The minimum Gasteiger partial charge on any atom is -0.396 e. The minimum atomic E-state index is -0.0712. The van der Waals surface area contributed by atoms with Crippen LogP contribution in [-0.2, 0) is 38.9 Å². The van der Waals surface area contributed by atoms with Gasteiger partial charge in [0, 0.05) is 61.2 Å². The predicted octanol–water partition coefficient (Wildman–Crippen LogP) is 3.19. The van der Waals surface area contributed by atoms with Crippen LogP contribution < -0.4 is 10.9 Å². The standard InChI is InChI=1S/C25H27ClN4O3/c26-21-5-6-22-23(20(21)8-12-31)18-3-4-19(18)24(32)30(22)11-2-1-9-28-25(33)29-14-16-7-10-27-13-17(16)15-29/h5-7,10,13,31H,1-4,8-9,11-12,14-15H2,(H,28,33). The number of urea groups is 1. The zero-order chi connectivity index (χ0) is 22.9. The van der Waals surface area contributed by atoms with Gasteiger partial charge in [-0.05, 0) is 72.6 Å². The van der Waals surface area contributed by atoms with E-state index in [1.807, 2.05) is 29.0 Å². The van der Waals surface area contributed by atoms with Crippen LogP contribution >= 0.6 is 11.6 Å². The van der Waals surface area contributed by atoms with Crippen LogP contribution in [0.1, 0.15) is 40.7 Å². The molecule has 33 heavy (non-hydrogen) atoms. The number of unbranched alkanes of at least 4 members (excludes halogenated alkanes) is 1. The van der Waals surface area contributed by atoms with Crippen LogP contribution in [0.15, 0.2) is 35.4 Å². The summed E-state index contributed by atoms with van der Waals surface area (Å²) in [4.78, 5) is 31.5. The van der Waals surface area contributed by atoms with Crippen molar-refractivity contribution < 1.29 is 9.90 Å². The summed E-state index contributed by atoms with van der Waals surface area (Å²) in [5.41, 5.74) is 6.10.